The first kappa shape index (κ1) is 21.5. The second kappa shape index (κ2) is 9.93. The summed E-state index contributed by atoms with van der Waals surface area (Å²) in [5, 5.41) is 0.482. The molecule has 3 nitrogen and oxygen atoms in total. The predicted molar refractivity (Wildman–Crippen MR) is 118 cm³/mol. The number of aryl methyl sites for hydroxylation is 2. The van der Waals surface area contributed by atoms with Crippen LogP contribution in [0.4, 0.5) is 5.69 Å². The SMILES string of the molecule is CCCCN(C)c1cc(C)c(Oc2ccc(OC)c(SC(C)C)c2)c(C)c1. The molecule has 27 heavy (non-hydrogen) atoms. The molecular weight excluding hydrogens is 354 g/mol. The molecule has 2 aromatic rings. The molecule has 0 saturated carbocycles. The summed E-state index contributed by atoms with van der Waals surface area (Å²) in [5.41, 5.74) is 3.56. The Morgan fingerprint density at radius 1 is 1.07 bits per heavy atom. The smallest absolute Gasteiger partial charge is 0.133 e. The first-order valence-electron chi connectivity index (χ1n) is 9.70. The number of thioether (sulfide) groups is 1. The van der Waals surface area contributed by atoms with Gasteiger partial charge < -0.3 is 14.4 Å². The van der Waals surface area contributed by atoms with E-state index in [0.29, 0.717) is 5.25 Å². The molecule has 0 aliphatic heterocycles. The lowest BCUT2D eigenvalue weighted by Gasteiger charge is -2.22. The van der Waals surface area contributed by atoms with Gasteiger partial charge in [0.1, 0.15) is 17.2 Å². The first-order chi connectivity index (χ1) is 12.8. The summed E-state index contributed by atoms with van der Waals surface area (Å²) in [6.45, 7) is 11.9. The molecule has 0 aromatic heterocycles. The molecule has 0 spiro atoms. The van der Waals surface area contributed by atoms with Crippen LogP contribution in [-0.4, -0.2) is 26.0 Å². The van der Waals surface area contributed by atoms with E-state index in [2.05, 4.69) is 64.8 Å². The van der Waals surface area contributed by atoms with Crippen molar-refractivity contribution in [1.29, 1.82) is 0 Å². The molecule has 0 aliphatic rings. The summed E-state index contributed by atoms with van der Waals surface area (Å²) in [7, 11) is 3.87. The van der Waals surface area contributed by atoms with Crippen molar-refractivity contribution >= 4 is 17.4 Å². The van der Waals surface area contributed by atoms with Crippen LogP contribution in [0.15, 0.2) is 35.2 Å². The summed E-state index contributed by atoms with van der Waals surface area (Å²) in [4.78, 5) is 3.43. The molecule has 0 unspecified atom stereocenters. The van der Waals surface area contributed by atoms with Crippen LogP contribution in [0.3, 0.4) is 0 Å². The molecule has 148 valence electrons. The van der Waals surface area contributed by atoms with Gasteiger partial charge in [0.25, 0.3) is 0 Å². The van der Waals surface area contributed by atoms with Gasteiger partial charge in [-0.25, -0.2) is 0 Å². The second-order valence-corrected chi connectivity index (χ2v) is 8.88. The van der Waals surface area contributed by atoms with Gasteiger partial charge in [-0.3, -0.25) is 0 Å². The Labute approximate surface area is 169 Å². The zero-order valence-electron chi connectivity index (χ0n) is 17.8. The van der Waals surface area contributed by atoms with Crippen molar-refractivity contribution in [3.63, 3.8) is 0 Å². The first-order valence-corrected chi connectivity index (χ1v) is 10.6. The number of benzene rings is 2. The normalized spacial score (nSPS) is 11.0. The van der Waals surface area contributed by atoms with Crippen LogP contribution in [0.2, 0.25) is 0 Å². The fourth-order valence-corrected chi connectivity index (χ4v) is 3.98. The minimum Gasteiger partial charge on any atom is -0.496 e. The highest BCUT2D eigenvalue weighted by atomic mass is 32.2. The molecule has 0 aliphatic carbocycles. The minimum atomic E-state index is 0.482. The highest BCUT2D eigenvalue weighted by Gasteiger charge is 2.13. The molecule has 0 saturated heterocycles. The summed E-state index contributed by atoms with van der Waals surface area (Å²) in [6.07, 6.45) is 2.41. The van der Waals surface area contributed by atoms with Gasteiger partial charge in [0.2, 0.25) is 0 Å². The number of rotatable bonds is 9. The Balaban J connectivity index is 2.27. The van der Waals surface area contributed by atoms with Crippen LogP contribution in [0.5, 0.6) is 17.2 Å². The number of hydrogen-bond acceptors (Lipinski definition) is 4. The summed E-state index contributed by atoms with van der Waals surface area (Å²) < 4.78 is 11.8. The van der Waals surface area contributed by atoms with E-state index in [0.717, 1.165) is 39.8 Å². The van der Waals surface area contributed by atoms with Gasteiger partial charge in [-0.2, -0.15) is 0 Å². The third-order valence-electron chi connectivity index (χ3n) is 4.45. The van der Waals surface area contributed by atoms with Crippen LogP contribution in [0.1, 0.15) is 44.7 Å². The van der Waals surface area contributed by atoms with Gasteiger partial charge in [-0.05, 0) is 61.7 Å². The Morgan fingerprint density at radius 3 is 2.30 bits per heavy atom. The van der Waals surface area contributed by atoms with Gasteiger partial charge in [0.15, 0.2) is 0 Å². The van der Waals surface area contributed by atoms with Crippen molar-refractivity contribution in [1.82, 2.24) is 0 Å². The molecule has 0 amide bonds. The molecule has 2 aromatic carbocycles. The molecule has 0 N–H and O–H groups in total. The van der Waals surface area contributed by atoms with Crippen molar-refractivity contribution in [3.05, 3.63) is 41.5 Å². The maximum Gasteiger partial charge on any atom is 0.133 e. The number of hydrogen-bond donors (Lipinski definition) is 0. The molecule has 0 atom stereocenters. The van der Waals surface area contributed by atoms with E-state index in [1.54, 1.807) is 18.9 Å². The van der Waals surface area contributed by atoms with Gasteiger partial charge in [0, 0.05) is 24.5 Å². The van der Waals surface area contributed by atoms with Crippen LogP contribution >= 0.6 is 11.8 Å². The van der Waals surface area contributed by atoms with E-state index in [-0.39, 0.29) is 0 Å². The van der Waals surface area contributed by atoms with Gasteiger partial charge in [-0.1, -0.05) is 27.2 Å². The lowest BCUT2D eigenvalue weighted by atomic mass is 10.1. The number of nitrogens with zero attached hydrogens (tertiary/aromatic N) is 1. The zero-order chi connectivity index (χ0) is 20.0. The van der Waals surface area contributed by atoms with E-state index in [1.165, 1.54) is 18.5 Å². The predicted octanol–water partition coefficient (Wildman–Crippen LogP) is 6.84. The molecule has 4 heteroatoms. The van der Waals surface area contributed by atoms with Crippen LogP contribution < -0.4 is 14.4 Å². The summed E-state index contributed by atoms with van der Waals surface area (Å²) in [6, 6.07) is 10.5. The average Bonchev–Trinajstić information content (AvgIpc) is 2.62. The van der Waals surface area contributed by atoms with E-state index in [9.17, 15) is 0 Å². The maximum absolute atomic E-state index is 6.29. The van der Waals surface area contributed by atoms with Gasteiger partial charge in [-0.15, -0.1) is 11.8 Å². The van der Waals surface area contributed by atoms with Crippen molar-refractivity contribution < 1.29 is 9.47 Å². The third-order valence-corrected chi connectivity index (χ3v) is 5.49. The van der Waals surface area contributed by atoms with Crippen LogP contribution in [-0.2, 0) is 0 Å². The third kappa shape index (κ3) is 5.83. The van der Waals surface area contributed by atoms with Gasteiger partial charge in [0.05, 0.1) is 12.0 Å². The lowest BCUT2D eigenvalue weighted by Crippen LogP contribution is -2.18. The fourth-order valence-electron chi connectivity index (χ4n) is 3.02. The van der Waals surface area contributed by atoms with E-state index < -0.39 is 0 Å². The Kier molecular flexibility index (Phi) is 7.91. The quantitative estimate of drug-likeness (QED) is 0.439. The monoisotopic (exact) mass is 387 g/mol. The zero-order valence-corrected chi connectivity index (χ0v) is 18.6. The Morgan fingerprint density at radius 2 is 1.74 bits per heavy atom. The molecule has 0 radical (unpaired) electrons. The van der Waals surface area contributed by atoms with Gasteiger partial charge >= 0.3 is 0 Å². The molecule has 2 rings (SSSR count). The second-order valence-electron chi connectivity index (χ2n) is 7.27. The minimum absolute atomic E-state index is 0.482. The standard InChI is InChI=1S/C23H33NO2S/c1-8-9-12-24(6)19-13-17(4)23(18(5)14-19)26-20-10-11-21(25-7)22(15-20)27-16(2)3/h10-11,13-16H,8-9,12H2,1-7H3. The largest absolute Gasteiger partial charge is 0.496 e. The highest BCUT2D eigenvalue weighted by Crippen LogP contribution is 2.38. The van der Waals surface area contributed by atoms with E-state index >= 15 is 0 Å². The highest BCUT2D eigenvalue weighted by molar-refractivity contribution is 8.00. The van der Waals surface area contributed by atoms with Crippen molar-refractivity contribution in [2.45, 2.75) is 57.6 Å². The Bertz CT molecular complexity index is 735. The number of anilines is 1. The van der Waals surface area contributed by atoms with Crippen molar-refractivity contribution in [2.24, 2.45) is 0 Å². The fraction of sp³-hybridized carbons (Fsp3) is 0.478. The maximum atomic E-state index is 6.29. The van der Waals surface area contributed by atoms with Crippen LogP contribution in [0, 0.1) is 13.8 Å². The molecule has 0 heterocycles. The number of methoxy groups -OCH3 is 1. The molecular formula is C23H33NO2S. The van der Waals surface area contributed by atoms with Crippen LogP contribution in [0.25, 0.3) is 0 Å². The summed E-state index contributed by atoms with van der Waals surface area (Å²) in [5.74, 6) is 2.67. The molecule has 0 bridgehead atoms. The number of ether oxygens (including phenoxy) is 2. The number of unbranched alkanes of at least 4 members (excludes halogenated alkanes) is 1. The van der Waals surface area contributed by atoms with E-state index in [4.69, 9.17) is 9.47 Å². The van der Waals surface area contributed by atoms with Crippen molar-refractivity contribution in [3.8, 4) is 17.2 Å². The van der Waals surface area contributed by atoms with E-state index in [1.807, 2.05) is 12.1 Å². The molecule has 0 fully saturated rings. The average molecular weight is 388 g/mol. The Hall–Kier alpha value is -1.81. The topological polar surface area (TPSA) is 21.7 Å². The van der Waals surface area contributed by atoms with Crippen molar-refractivity contribution in [2.75, 3.05) is 25.6 Å². The summed E-state index contributed by atoms with van der Waals surface area (Å²) >= 11 is 1.79. The lowest BCUT2D eigenvalue weighted by molar-refractivity contribution is 0.402.